The fourth-order valence-electron chi connectivity index (χ4n) is 2.32. The van der Waals surface area contributed by atoms with Crippen LogP contribution in [-0.4, -0.2) is 47.2 Å². The van der Waals surface area contributed by atoms with Gasteiger partial charge in [-0.3, -0.25) is 4.90 Å². The van der Waals surface area contributed by atoms with Crippen LogP contribution in [0.4, 0.5) is 5.82 Å². The van der Waals surface area contributed by atoms with Crippen LogP contribution in [0.15, 0.2) is 18.3 Å². The number of likely N-dealkylation sites (N-methyl/N-ethyl adjacent to an activating group) is 1. The molecule has 17 heavy (non-hydrogen) atoms. The van der Waals surface area contributed by atoms with E-state index in [1.54, 1.807) is 6.20 Å². The van der Waals surface area contributed by atoms with Gasteiger partial charge in [-0.2, -0.15) is 0 Å². The van der Waals surface area contributed by atoms with Crippen molar-refractivity contribution in [3.63, 3.8) is 0 Å². The molecule has 1 N–H and O–H groups in total. The molecule has 4 nitrogen and oxygen atoms in total. The van der Waals surface area contributed by atoms with Crippen LogP contribution in [0.25, 0.3) is 0 Å². The molecule has 1 saturated heterocycles. The molecule has 0 spiro atoms. The molecule has 0 saturated carbocycles. The van der Waals surface area contributed by atoms with Gasteiger partial charge < -0.3 is 10.0 Å². The highest BCUT2D eigenvalue weighted by molar-refractivity contribution is 5.42. The highest BCUT2D eigenvalue weighted by Crippen LogP contribution is 2.20. The molecule has 1 aromatic heterocycles. The summed E-state index contributed by atoms with van der Waals surface area (Å²) in [6.07, 6.45) is 1.77. The average Bonchev–Trinajstić information content (AvgIpc) is 2.35. The van der Waals surface area contributed by atoms with Crippen molar-refractivity contribution in [2.45, 2.75) is 32.5 Å². The summed E-state index contributed by atoms with van der Waals surface area (Å²) in [6.45, 7) is 6.52. The molecule has 1 aromatic rings. The van der Waals surface area contributed by atoms with E-state index in [-0.39, 0.29) is 6.61 Å². The van der Waals surface area contributed by atoms with Gasteiger partial charge in [0.1, 0.15) is 5.82 Å². The van der Waals surface area contributed by atoms with E-state index in [4.69, 9.17) is 5.11 Å². The van der Waals surface area contributed by atoms with Crippen molar-refractivity contribution < 1.29 is 5.11 Å². The van der Waals surface area contributed by atoms with Crippen LogP contribution in [0.3, 0.4) is 0 Å². The topological polar surface area (TPSA) is 39.6 Å². The van der Waals surface area contributed by atoms with Crippen molar-refractivity contribution in [2.24, 2.45) is 0 Å². The standard InChI is InChI=1S/C13H21N3O/c1-10-7-16(8-11(2)15(10)3)13-6-12(9-17)4-5-14-13/h4-6,10-11,17H,7-9H2,1-3H3. The summed E-state index contributed by atoms with van der Waals surface area (Å²) < 4.78 is 0. The van der Waals surface area contributed by atoms with Gasteiger partial charge in [0.2, 0.25) is 0 Å². The number of hydrogen-bond acceptors (Lipinski definition) is 4. The van der Waals surface area contributed by atoms with E-state index in [0.29, 0.717) is 12.1 Å². The predicted molar refractivity (Wildman–Crippen MR) is 69.1 cm³/mol. The Morgan fingerprint density at radius 2 is 2.00 bits per heavy atom. The Bertz CT molecular complexity index is 371. The summed E-state index contributed by atoms with van der Waals surface area (Å²) in [4.78, 5) is 9.10. The monoisotopic (exact) mass is 235 g/mol. The van der Waals surface area contributed by atoms with Gasteiger partial charge in [0, 0.05) is 31.4 Å². The molecule has 4 heteroatoms. The molecule has 2 unspecified atom stereocenters. The third-order valence-electron chi connectivity index (χ3n) is 3.68. The Balaban J connectivity index is 2.16. The number of nitrogens with zero attached hydrogens (tertiary/aromatic N) is 3. The Hall–Kier alpha value is -1.13. The number of rotatable bonds is 2. The van der Waals surface area contributed by atoms with E-state index in [0.717, 1.165) is 24.5 Å². The van der Waals surface area contributed by atoms with Crippen molar-refractivity contribution in [2.75, 3.05) is 25.0 Å². The van der Waals surface area contributed by atoms with E-state index in [1.807, 2.05) is 12.1 Å². The highest BCUT2D eigenvalue weighted by atomic mass is 16.3. The first-order valence-electron chi connectivity index (χ1n) is 6.14. The van der Waals surface area contributed by atoms with Gasteiger partial charge >= 0.3 is 0 Å². The second-order valence-corrected chi connectivity index (χ2v) is 4.95. The Morgan fingerprint density at radius 3 is 2.59 bits per heavy atom. The molecule has 0 aliphatic carbocycles. The molecule has 0 amide bonds. The Kier molecular flexibility index (Phi) is 3.64. The third kappa shape index (κ3) is 2.58. The SMILES string of the molecule is CC1CN(c2cc(CO)ccn2)CC(C)N1C. The summed E-state index contributed by atoms with van der Waals surface area (Å²) in [5, 5.41) is 9.15. The van der Waals surface area contributed by atoms with Crippen molar-refractivity contribution in [1.29, 1.82) is 0 Å². The number of aliphatic hydroxyl groups excluding tert-OH is 1. The number of anilines is 1. The van der Waals surface area contributed by atoms with Crippen molar-refractivity contribution >= 4 is 5.82 Å². The van der Waals surface area contributed by atoms with Crippen molar-refractivity contribution in [1.82, 2.24) is 9.88 Å². The predicted octanol–water partition coefficient (Wildman–Crippen LogP) is 1.10. The third-order valence-corrected chi connectivity index (χ3v) is 3.68. The summed E-state index contributed by atoms with van der Waals surface area (Å²) in [5.41, 5.74) is 0.925. The van der Waals surface area contributed by atoms with Gasteiger partial charge in [-0.25, -0.2) is 4.98 Å². The Morgan fingerprint density at radius 1 is 1.35 bits per heavy atom. The first-order chi connectivity index (χ1) is 8.11. The maximum absolute atomic E-state index is 9.15. The maximum Gasteiger partial charge on any atom is 0.128 e. The molecule has 94 valence electrons. The second kappa shape index (κ2) is 5.02. The second-order valence-electron chi connectivity index (χ2n) is 4.95. The van der Waals surface area contributed by atoms with Crippen LogP contribution in [0.5, 0.6) is 0 Å². The number of hydrogen-bond donors (Lipinski definition) is 1. The minimum absolute atomic E-state index is 0.0777. The van der Waals surface area contributed by atoms with Gasteiger partial charge in [0.15, 0.2) is 0 Å². The zero-order chi connectivity index (χ0) is 12.4. The zero-order valence-electron chi connectivity index (χ0n) is 10.8. The number of piperazine rings is 1. The zero-order valence-corrected chi connectivity index (χ0v) is 10.8. The summed E-state index contributed by atoms with van der Waals surface area (Å²) in [7, 11) is 2.17. The van der Waals surface area contributed by atoms with Crippen molar-refractivity contribution in [3.8, 4) is 0 Å². The Labute approximate surface area is 103 Å². The molecule has 1 aliphatic heterocycles. The number of aliphatic hydroxyl groups is 1. The minimum Gasteiger partial charge on any atom is -0.392 e. The molecule has 2 atom stereocenters. The molecule has 2 heterocycles. The van der Waals surface area contributed by atoms with E-state index >= 15 is 0 Å². The van der Waals surface area contributed by atoms with E-state index < -0.39 is 0 Å². The van der Waals surface area contributed by atoms with E-state index in [9.17, 15) is 0 Å². The molecular formula is C13H21N3O. The number of aromatic nitrogens is 1. The molecular weight excluding hydrogens is 214 g/mol. The van der Waals surface area contributed by atoms with E-state index in [1.165, 1.54) is 0 Å². The van der Waals surface area contributed by atoms with Gasteiger partial charge in [-0.15, -0.1) is 0 Å². The molecule has 1 aliphatic rings. The van der Waals surface area contributed by atoms with Crippen LogP contribution in [0, 0.1) is 0 Å². The minimum atomic E-state index is 0.0777. The lowest BCUT2D eigenvalue weighted by Crippen LogP contribution is -2.55. The van der Waals surface area contributed by atoms with Gasteiger partial charge in [0.05, 0.1) is 6.61 Å². The molecule has 0 radical (unpaired) electrons. The van der Waals surface area contributed by atoms with Gasteiger partial charge in [0.25, 0.3) is 0 Å². The quantitative estimate of drug-likeness (QED) is 0.833. The molecule has 0 bridgehead atoms. The average molecular weight is 235 g/mol. The normalized spacial score (nSPS) is 26.2. The van der Waals surface area contributed by atoms with Gasteiger partial charge in [-0.05, 0) is 38.6 Å². The number of pyridine rings is 1. The highest BCUT2D eigenvalue weighted by Gasteiger charge is 2.27. The molecule has 2 rings (SSSR count). The van der Waals surface area contributed by atoms with E-state index in [2.05, 4.69) is 35.7 Å². The van der Waals surface area contributed by atoms with Crippen LogP contribution >= 0.6 is 0 Å². The van der Waals surface area contributed by atoms with Crippen molar-refractivity contribution in [3.05, 3.63) is 23.9 Å². The first-order valence-corrected chi connectivity index (χ1v) is 6.14. The van der Waals surface area contributed by atoms with Crippen LogP contribution in [0.1, 0.15) is 19.4 Å². The largest absolute Gasteiger partial charge is 0.392 e. The lowest BCUT2D eigenvalue weighted by Gasteiger charge is -2.43. The summed E-state index contributed by atoms with van der Waals surface area (Å²) in [5.74, 6) is 0.975. The van der Waals surface area contributed by atoms with Crippen LogP contribution in [-0.2, 0) is 6.61 Å². The van der Waals surface area contributed by atoms with Gasteiger partial charge in [-0.1, -0.05) is 0 Å². The smallest absolute Gasteiger partial charge is 0.128 e. The maximum atomic E-state index is 9.15. The summed E-state index contributed by atoms with van der Waals surface area (Å²) >= 11 is 0. The lowest BCUT2D eigenvalue weighted by atomic mass is 10.1. The lowest BCUT2D eigenvalue weighted by molar-refractivity contribution is 0.169. The first kappa shape index (κ1) is 12.3. The van der Waals surface area contributed by atoms with Crippen LogP contribution < -0.4 is 4.90 Å². The molecule has 1 fully saturated rings. The molecule has 0 aromatic carbocycles. The summed E-state index contributed by atoms with van der Waals surface area (Å²) in [6, 6.07) is 4.88. The fraction of sp³-hybridized carbons (Fsp3) is 0.615. The van der Waals surface area contributed by atoms with Crippen LogP contribution in [0.2, 0.25) is 0 Å². The fourth-order valence-corrected chi connectivity index (χ4v) is 2.32.